The number of guanidine groups is 1. The van der Waals surface area contributed by atoms with Crippen LogP contribution in [0.1, 0.15) is 24.8 Å². The molecule has 1 aromatic heterocycles. The first-order valence-corrected chi connectivity index (χ1v) is 10.8. The van der Waals surface area contributed by atoms with Crippen molar-refractivity contribution in [3.8, 4) is 0 Å². The first-order valence-electron chi connectivity index (χ1n) is 10.8. The summed E-state index contributed by atoms with van der Waals surface area (Å²) >= 11 is 0. The van der Waals surface area contributed by atoms with Gasteiger partial charge in [-0.25, -0.2) is 4.98 Å². The molecular formula is C23H30N6O. The Kier molecular flexibility index (Phi) is 6.47. The van der Waals surface area contributed by atoms with E-state index in [1.807, 2.05) is 30.3 Å². The number of amides is 1. The third-order valence-electron chi connectivity index (χ3n) is 5.79. The SMILES string of the molecule is CN=C(NCc1ccc(N2CCCCC2=O)cc1)N1CCN(c2ccccn2)CC1. The van der Waals surface area contributed by atoms with Gasteiger partial charge in [-0.15, -0.1) is 0 Å². The smallest absolute Gasteiger partial charge is 0.226 e. The fourth-order valence-corrected chi connectivity index (χ4v) is 4.07. The third-order valence-corrected chi connectivity index (χ3v) is 5.79. The summed E-state index contributed by atoms with van der Waals surface area (Å²) in [5, 5.41) is 3.48. The molecule has 1 amide bonds. The molecule has 2 aliphatic rings. The maximum atomic E-state index is 12.1. The molecule has 30 heavy (non-hydrogen) atoms. The van der Waals surface area contributed by atoms with Gasteiger partial charge in [0.2, 0.25) is 5.91 Å². The van der Waals surface area contributed by atoms with Gasteiger partial charge in [0.25, 0.3) is 0 Å². The zero-order valence-electron chi connectivity index (χ0n) is 17.6. The van der Waals surface area contributed by atoms with Crippen molar-refractivity contribution in [1.82, 2.24) is 15.2 Å². The summed E-state index contributed by atoms with van der Waals surface area (Å²) in [5.74, 6) is 2.19. The van der Waals surface area contributed by atoms with Gasteiger partial charge in [-0.05, 0) is 42.7 Å². The van der Waals surface area contributed by atoms with Gasteiger partial charge >= 0.3 is 0 Å². The van der Waals surface area contributed by atoms with Gasteiger partial charge in [0.15, 0.2) is 5.96 Å². The van der Waals surface area contributed by atoms with E-state index in [0.717, 1.165) is 63.0 Å². The molecule has 7 nitrogen and oxygen atoms in total. The molecule has 2 aliphatic heterocycles. The fourth-order valence-electron chi connectivity index (χ4n) is 4.07. The van der Waals surface area contributed by atoms with Crippen LogP contribution in [-0.2, 0) is 11.3 Å². The third kappa shape index (κ3) is 4.72. The van der Waals surface area contributed by atoms with E-state index in [4.69, 9.17) is 0 Å². The zero-order valence-corrected chi connectivity index (χ0v) is 17.6. The van der Waals surface area contributed by atoms with E-state index in [0.29, 0.717) is 13.0 Å². The van der Waals surface area contributed by atoms with Gasteiger partial charge in [0.1, 0.15) is 5.82 Å². The van der Waals surface area contributed by atoms with Crippen molar-refractivity contribution in [2.45, 2.75) is 25.8 Å². The number of aromatic nitrogens is 1. The summed E-state index contributed by atoms with van der Waals surface area (Å²) < 4.78 is 0. The van der Waals surface area contributed by atoms with Gasteiger partial charge in [-0.3, -0.25) is 9.79 Å². The van der Waals surface area contributed by atoms with E-state index in [1.165, 1.54) is 5.56 Å². The van der Waals surface area contributed by atoms with E-state index >= 15 is 0 Å². The van der Waals surface area contributed by atoms with Crippen molar-refractivity contribution < 1.29 is 4.79 Å². The summed E-state index contributed by atoms with van der Waals surface area (Å²) in [6, 6.07) is 14.3. The number of hydrogen-bond acceptors (Lipinski definition) is 4. The summed E-state index contributed by atoms with van der Waals surface area (Å²) in [5.41, 5.74) is 2.18. The summed E-state index contributed by atoms with van der Waals surface area (Å²) in [6.45, 7) is 5.21. The van der Waals surface area contributed by atoms with Crippen LogP contribution in [0.2, 0.25) is 0 Å². The molecule has 0 bridgehead atoms. The van der Waals surface area contributed by atoms with Gasteiger partial charge in [0, 0.05) is 64.6 Å². The van der Waals surface area contributed by atoms with E-state index < -0.39 is 0 Å². The Morgan fingerprint density at radius 2 is 1.83 bits per heavy atom. The molecule has 0 spiro atoms. The molecular weight excluding hydrogens is 376 g/mol. The minimum absolute atomic E-state index is 0.234. The number of carbonyl (C=O) groups excluding carboxylic acids is 1. The predicted molar refractivity (Wildman–Crippen MR) is 121 cm³/mol. The second kappa shape index (κ2) is 9.61. The molecule has 0 radical (unpaired) electrons. The summed E-state index contributed by atoms with van der Waals surface area (Å²) in [6.07, 6.45) is 4.59. The highest BCUT2D eigenvalue weighted by molar-refractivity contribution is 5.94. The topological polar surface area (TPSA) is 64.1 Å². The Labute approximate surface area is 178 Å². The number of benzene rings is 1. The monoisotopic (exact) mass is 406 g/mol. The van der Waals surface area contributed by atoms with Crippen LogP contribution in [0.25, 0.3) is 0 Å². The van der Waals surface area contributed by atoms with Crippen LogP contribution < -0.4 is 15.1 Å². The number of pyridine rings is 1. The molecule has 2 aromatic rings. The average molecular weight is 407 g/mol. The zero-order chi connectivity index (χ0) is 20.8. The number of anilines is 2. The number of hydrogen-bond donors (Lipinski definition) is 1. The van der Waals surface area contributed by atoms with Gasteiger partial charge in [-0.2, -0.15) is 0 Å². The lowest BCUT2D eigenvalue weighted by atomic mass is 10.1. The van der Waals surface area contributed by atoms with Crippen molar-refractivity contribution in [2.75, 3.05) is 49.6 Å². The maximum absolute atomic E-state index is 12.1. The van der Waals surface area contributed by atoms with E-state index in [1.54, 1.807) is 0 Å². The minimum Gasteiger partial charge on any atom is -0.353 e. The Balaban J connectivity index is 1.29. The first-order chi connectivity index (χ1) is 14.7. The number of rotatable bonds is 4. The number of carbonyl (C=O) groups is 1. The lowest BCUT2D eigenvalue weighted by Crippen LogP contribution is -2.52. The number of piperazine rings is 1. The number of aliphatic imine (C=N–C) groups is 1. The lowest BCUT2D eigenvalue weighted by molar-refractivity contribution is -0.119. The quantitative estimate of drug-likeness (QED) is 0.624. The predicted octanol–water partition coefficient (Wildman–Crippen LogP) is 2.50. The Morgan fingerprint density at radius 1 is 1.03 bits per heavy atom. The minimum atomic E-state index is 0.234. The molecule has 2 fully saturated rings. The van der Waals surface area contributed by atoms with Crippen LogP contribution in [0.15, 0.2) is 53.7 Å². The molecule has 0 atom stereocenters. The van der Waals surface area contributed by atoms with Gasteiger partial charge in [0.05, 0.1) is 0 Å². The van der Waals surface area contributed by atoms with E-state index in [-0.39, 0.29) is 5.91 Å². The fraction of sp³-hybridized carbons (Fsp3) is 0.435. The number of nitrogens with zero attached hydrogens (tertiary/aromatic N) is 5. The van der Waals surface area contributed by atoms with Crippen LogP contribution in [0.3, 0.4) is 0 Å². The lowest BCUT2D eigenvalue weighted by Gasteiger charge is -2.37. The molecule has 0 aliphatic carbocycles. The summed E-state index contributed by atoms with van der Waals surface area (Å²) in [4.78, 5) is 27.5. The highest BCUT2D eigenvalue weighted by Gasteiger charge is 2.21. The largest absolute Gasteiger partial charge is 0.353 e. The van der Waals surface area contributed by atoms with Crippen LogP contribution in [0.4, 0.5) is 11.5 Å². The Morgan fingerprint density at radius 3 is 2.50 bits per heavy atom. The maximum Gasteiger partial charge on any atom is 0.226 e. The van der Waals surface area contributed by atoms with Crippen LogP contribution in [0.5, 0.6) is 0 Å². The molecule has 0 unspecified atom stereocenters. The van der Waals surface area contributed by atoms with Gasteiger partial charge in [-0.1, -0.05) is 18.2 Å². The summed E-state index contributed by atoms with van der Waals surface area (Å²) in [7, 11) is 1.83. The molecule has 3 heterocycles. The van der Waals surface area contributed by atoms with Crippen LogP contribution in [-0.4, -0.2) is 61.5 Å². The second-order valence-electron chi connectivity index (χ2n) is 7.73. The normalized spacial score (nSPS) is 18.0. The molecule has 7 heteroatoms. The molecule has 2 saturated heterocycles. The van der Waals surface area contributed by atoms with E-state index in [9.17, 15) is 4.79 Å². The molecule has 1 aromatic carbocycles. The first kappa shape index (κ1) is 20.2. The Hall–Kier alpha value is -3.09. The Bertz CT molecular complexity index is 859. The molecule has 0 saturated carbocycles. The molecule has 158 valence electrons. The average Bonchev–Trinajstić information content (AvgIpc) is 2.81. The van der Waals surface area contributed by atoms with Crippen LogP contribution >= 0.6 is 0 Å². The standard InChI is InChI=1S/C23H30N6O/c1-24-23(28-16-14-27(15-17-28)21-6-2-4-12-25-21)26-18-19-8-10-20(11-9-19)29-13-5-3-7-22(29)30/h2,4,6,8-12H,3,5,7,13-18H2,1H3,(H,24,26). The van der Waals surface area contributed by atoms with Crippen molar-refractivity contribution in [2.24, 2.45) is 4.99 Å². The van der Waals surface area contributed by atoms with Crippen LogP contribution in [0, 0.1) is 0 Å². The second-order valence-corrected chi connectivity index (χ2v) is 7.73. The highest BCUT2D eigenvalue weighted by Crippen LogP contribution is 2.21. The highest BCUT2D eigenvalue weighted by atomic mass is 16.2. The van der Waals surface area contributed by atoms with Crippen molar-refractivity contribution in [1.29, 1.82) is 0 Å². The number of piperidine rings is 1. The van der Waals surface area contributed by atoms with Crippen molar-refractivity contribution in [3.05, 3.63) is 54.2 Å². The van der Waals surface area contributed by atoms with Gasteiger partial charge < -0.3 is 20.0 Å². The van der Waals surface area contributed by atoms with Crippen molar-refractivity contribution in [3.63, 3.8) is 0 Å². The van der Waals surface area contributed by atoms with Crippen molar-refractivity contribution >= 4 is 23.4 Å². The van der Waals surface area contributed by atoms with E-state index in [2.05, 4.69) is 55.4 Å². The number of nitrogens with one attached hydrogen (secondary N) is 1. The molecule has 4 rings (SSSR count). The molecule has 1 N–H and O–H groups in total.